The second-order valence-electron chi connectivity index (χ2n) is 6.06. The molecule has 0 bridgehead atoms. The van der Waals surface area contributed by atoms with E-state index in [1.54, 1.807) is 11.9 Å². The minimum atomic E-state index is -0.0892. The average Bonchev–Trinajstić information content (AvgIpc) is 2.88. The molecule has 2 amide bonds. The molecule has 0 fully saturated rings. The molecule has 5 heteroatoms. The van der Waals surface area contributed by atoms with Crippen molar-refractivity contribution in [1.82, 2.24) is 15.2 Å². The molecule has 3 aromatic rings. The first kappa shape index (κ1) is 15.4. The molecule has 0 radical (unpaired) electrons. The minimum Gasteiger partial charge on any atom is -0.491 e. The molecule has 5 nitrogen and oxygen atoms in total. The lowest BCUT2D eigenvalue weighted by atomic mass is 9.99. The Hall–Kier alpha value is -3.08. The molecule has 2 aromatic carbocycles. The maximum absolute atomic E-state index is 12.0. The van der Waals surface area contributed by atoms with E-state index in [9.17, 15) is 4.79 Å². The first-order valence-corrected chi connectivity index (χ1v) is 8.32. The Labute approximate surface area is 146 Å². The Morgan fingerprint density at radius 2 is 2.08 bits per heavy atom. The SMILES string of the molecule is CNC(=O)N1CCOc2ccc(-c3cncc4ccccc34)cc2C1. The number of nitrogens with one attached hydrogen (secondary N) is 1. The van der Waals surface area contributed by atoms with Crippen LogP contribution in [0.25, 0.3) is 21.9 Å². The van der Waals surface area contributed by atoms with Crippen LogP contribution in [0.5, 0.6) is 5.75 Å². The zero-order valence-electron chi connectivity index (χ0n) is 14.0. The molecule has 1 aliphatic heterocycles. The molecule has 0 spiro atoms. The second-order valence-corrected chi connectivity index (χ2v) is 6.06. The molecule has 2 heterocycles. The van der Waals surface area contributed by atoms with Crippen molar-refractivity contribution in [3.05, 3.63) is 60.4 Å². The normalized spacial score (nSPS) is 13.7. The van der Waals surface area contributed by atoms with E-state index in [1.807, 2.05) is 30.6 Å². The Morgan fingerprint density at radius 1 is 1.20 bits per heavy atom. The van der Waals surface area contributed by atoms with Crippen molar-refractivity contribution in [2.45, 2.75) is 6.54 Å². The van der Waals surface area contributed by atoms with Crippen LogP contribution >= 0.6 is 0 Å². The smallest absolute Gasteiger partial charge is 0.317 e. The first-order valence-electron chi connectivity index (χ1n) is 8.32. The molecule has 25 heavy (non-hydrogen) atoms. The number of rotatable bonds is 1. The van der Waals surface area contributed by atoms with Crippen molar-refractivity contribution in [1.29, 1.82) is 0 Å². The maximum Gasteiger partial charge on any atom is 0.317 e. The predicted octanol–water partition coefficient (Wildman–Crippen LogP) is 3.44. The molecular formula is C20H19N3O2. The van der Waals surface area contributed by atoms with E-state index in [0.29, 0.717) is 19.7 Å². The van der Waals surface area contributed by atoms with Crippen LogP contribution in [0.2, 0.25) is 0 Å². The number of hydrogen-bond donors (Lipinski definition) is 1. The number of carbonyl (C=O) groups excluding carboxylic acids is 1. The summed E-state index contributed by atoms with van der Waals surface area (Å²) < 4.78 is 5.81. The zero-order valence-corrected chi connectivity index (χ0v) is 14.0. The highest BCUT2D eigenvalue weighted by Gasteiger charge is 2.19. The molecule has 0 saturated heterocycles. The van der Waals surface area contributed by atoms with Gasteiger partial charge in [0.2, 0.25) is 0 Å². The van der Waals surface area contributed by atoms with Gasteiger partial charge in [0.1, 0.15) is 12.4 Å². The quantitative estimate of drug-likeness (QED) is 0.742. The molecule has 4 rings (SSSR count). The van der Waals surface area contributed by atoms with E-state index < -0.39 is 0 Å². The topological polar surface area (TPSA) is 54.5 Å². The van der Waals surface area contributed by atoms with Crippen LogP contribution in [0.4, 0.5) is 4.79 Å². The van der Waals surface area contributed by atoms with E-state index in [4.69, 9.17) is 4.74 Å². The van der Waals surface area contributed by atoms with Crippen molar-refractivity contribution in [3.8, 4) is 16.9 Å². The maximum atomic E-state index is 12.0. The van der Waals surface area contributed by atoms with Crippen LogP contribution < -0.4 is 10.1 Å². The molecule has 0 saturated carbocycles. The number of pyridine rings is 1. The summed E-state index contributed by atoms with van der Waals surface area (Å²) in [6, 6.07) is 14.3. The highest BCUT2D eigenvalue weighted by molar-refractivity contribution is 5.95. The fourth-order valence-corrected chi connectivity index (χ4v) is 3.24. The third-order valence-electron chi connectivity index (χ3n) is 4.52. The van der Waals surface area contributed by atoms with Gasteiger partial charge < -0.3 is 15.0 Å². The zero-order chi connectivity index (χ0) is 17.2. The molecule has 0 unspecified atom stereocenters. The van der Waals surface area contributed by atoms with E-state index >= 15 is 0 Å². The summed E-state index contributed by atoms with van der Waals surface area (Å²) in [6.07, 6.45) is 3.76. The Bertz CT molecular complexity index is 934. The van der Waals surface area contributed by atoms with Crippen molar-refractivity contribution in [2.75, 3.05) is 20.2 Å². The predicted molar refractivity (Wildman–Crippen MR) is 97.5 cm³/mol. The van der Waals surface area contributed by atoms with Crippen LogP contribution in [0.1, 0.15) is 5.56 Å². The highest BCUT2D eigenvalue weighted by Crippen LogP contribution is 2.32. The summed E-state index contributed by atoms with van der Waals surface area (Å²) in [5.41, 5.74) is 3.16. The van der Waals surface area contributed by atoms with Crippen molar-refractivity contribution >= 4 is 16.8 Å². The van der Waals surface area contributed by atoms with Crippen LogP contribution in [-0.2, 0) is 6.54 Å². The molecule has 126 valence electrons. The summed E-state index contributed by atoms with van der Waals surface area (Å²) in [7, 11) is 1.65. The largest absolute Gasteiger partial charge is 0.491 e. The van der Waals surface area contributed by atoms with Crippen molar-refractivity contribution in [2.24, 2.45) is 0 Å². The lowest BCUT2D eigenvalue weighted by Crippen LogP contribution is -2.38. The van der Waals surface area contributed by atoms with E-state index in [1.165, 1.54) is 0 Å². The van der Waals surface area contributed by atoms with Gasteiger partial charge in [0, 0.05) is 36.0 Å². The number of nitrogens with zero attached hydrogens (tertiary/aromatic N) is 2. The standard InChI is InChI=1S/C20H19N3O2/c1-21-20(24)23-8-9-25-19-7-6-14(10-16(19)13-23)18-12-22-11-15-4-2-3-5-17(15)18/h2-7,10-12H,8-9,13H2,1H3,(H,21,24). The number of carbonyl (C=O) groups is 1. The van der Waals surface area contributed by atoms with E-state index in [-0.39, 0.29) is 6.03 Å². The van der Waals surface area contributed by atoms with Gasteiger partial charge in [-0.1, -0.05) is 30.3 Å². The molecule has 0 atom stereocenters. The average molecular weight is 333 g/mol. The number of fused-ring (bicyclic) bond motifs is 2. The van der Waals surface area contributed by atoms with Crippen LogP contribution in [0, 0.1) is 0 Å². The van der Waals surface area contributed by atoms with Gasteiger partial charge >= 0.3 is 6.03 Å². The van der Waals surface area contributed by atoms with Gasteiger partial charge in [-0.2, -0.15) is 0 Å². The number of ether oxygens (including phenoxy) is 1. The monoisotopic (exact) mass is 333 g/mol. The summed E-state index contributed by atoms with van der Waals surface area (Å²) in [5.74, 6) is 0.836. The molecule has 1 N–H and O–H groups in total. The van der Waals surface area contributed by atoms with Gasteiger partial charge in [-0.05, 0) is 23.1 Å². The Kier molecular flexibility index (Phi) is 3.98. The van der Waals surface area contributed by atoms with Crippen LogP contribution in [0.3, 0.4) is 0 Å². The number of benzene rings is 2. The number of amides is 2. The van der Waals surface area contributed by atoms with Crippen molar-refractivity contribution < 1.29 is 9.53 Å². The third-order valence-corrected chi connectivity index (χ3v) is 4.52. The van der Waals surface area contributed by atoms with E-state index in [0.717, 1.165) is 33.2 Å². The molecule has 1 aliphatic rings. The number of hydrogen-bond acceptors (Lipinski definition) is 3. The highest BCUT2D eigenvalue weighted by atomic mass is 16.5. The van der Waals surface area contributed by atoms with Crippen LogP contribution in [0.15, 0.2) is 54.9 Å². The Morgan fingerprint density at radius 3 is 2.96 bits per heavy atom. The summed E-state index contributed by atoms with van der Waals surface area (Å²) in [5, 5.41) is 4.96. The van der Waals surface area contributed by atoms with Gasteiger partial charge in [-0.3, -0.25) is 4.98 Å². The fourth-order valence-electron chi connectivity index (χ4n) is 3.24. The van der Waals surface area contributed by atoms with Gasteiger partial charge in [-0.25, -0.2) is 4.79 Å². The molecule has 0 aliphatic carbocycles. The summed E-state index contributed by atoms with van der Waals surface area (Å²) >= 11 is 0. The van der Waals surface area contributed by atoms with Gasteiger partial charge in [0.15, 0.2) is 0 Å². The van der Waals surface area contributed by atoms with Crippen LogP contribution in [-0.4, -0.2) is 36.1 Å². The third kappa shape index (κ3) is 2.89. The molecular weight excluding hydrogens is 314 g/mol. The van der Waals surface area contributed by atoms with Gasteiger partial charge in [0.05, 0.1) is 13.1 Å². The fraction of sp³-hybridized carbons (Fsp3) is 0.200. The molecule has 1 aromatic heterocycles. The second kappa shape index (κ2) is 6.43. The van der Waals surface area contributed by atoms with Gasteiger partial charge in [-0.15, -0.1) is 0 Å². The Balaban J connectivity index is 1.78. The number of aromatic nitrogens is 1. The minimum absolute atomic E-state index is 0.0892. The first-order chi connectivity index (χ1) is 12.3. The summed E-state index contributed by atoms with van der Waals surface area (Å²) in [6.45, 7) is 1.59. The van der Waals surface area contributed by atoms with E-state index in [2.05, 4.69) is 34.6 Å². The number of urea groups is 1. The lowest BCUT2D eigenvalue weighted by molar-refractivity contribution is 0.190. The summed E-state index contributed by atoms with van der Waals surface area (Å²) in [4.78, 5) is 18.1. The lowest BCUT2D eigenvalue weighted by Gasteiger charge is -2.19. The van der Waals surface area contributed by atoms with Crippen molar-refractivity contribution in [3.63, 3.8) is 0 Å². The van der Waals surface area contributed by atoms with Gasteiger partial charge in [0.25, 0.3) is 0 Å².